The van der Waals surface area contributed by atoms with E-state index in [0.29, 0.717) is 5.56 Å². The van der Waals surface area contributed by atoms with E-state index in [1.807, 2.05) is 0 Å². The average Bonchev–Trinajstić information content (AvgIpc) is 2.45. The maximum absolute atomic E-state index is 13.3. The van der Waals surface area contributed by atoms with E-state index in [2.05, 4.69) is 0 Å². The minimum absolute atomic E-state index is 0.0652. The molecule has 1 aromatic carbocycles. The lowest BCUT2D eigenvalue weighted by atomic mass is 9.81. The Kier molecular flexibility index (Phi) is 4.59. The highest BCUT2D eigenvalue weighted by Crippen LogP contribution is 2.41. The van der Waals surface area contributed by atoms with Gasteiger partial charge in [0.2, 0.25) is 0 Å². The number of hydrogen-bond acceptors (Lipinski definition) is 1. The van der Waals surface area contributed by atoms with Crippen molar-refractivity contribution < 1.29 is 23.1 Å². The Bertz CT molecular complexity index is 517. The van der Waals surface area contributed by atoms with Crippen LogP contribution < -0.4 is 0 Å². The standard InChI is InChI=1S/C16H19F3O2/c1-10(15(20)21)12-7-8-13(11-5-3-2-4-6-11)14(9-12)16(17,18)19/h7-11H,2-6H2,1H3,(H,20,21). The van der Waals surface area contributed by atoms with E-state index in [9.17, 15) is 18.0 Å². The predicted octanol–water partition coefficient (Wildman–Crippen LogP) is 4.94. The second-order valence-corrected chi connectivity index (χ2v) is 5.74. The Hall–Kier alpha value is -1.52. The Balaban J connectivity index is 2.43. The predicted molar refractivity (Wildman–Crippen MR) is 73.3 cm³/mol. The fraction of sp³-hybridized carbons (Fsp3) is 0.562. The first-order valence-corrected chi connectivity index (χ1v) is 7.24. The van der Waals surface area contributed by atoms with E-state index in [1.165, 1.54) is 19.1 Å². The van der Waals surface area contributed by atoms with Crippen molar-refractivity contribution in [2.24, 2.45) is 0 Å². The molecule has 2 nitrogen and oxygen atoms in total. The lowest BCUT2D eigenvalue weighted by Gasteiger charge is -2.26. The molecule has 0 radical (unpaired) electrons. The van der Waals surface area contributed by atoms with Crippen molar-refractivity contribution in [2.45, 2.75) is 57.0 Å². The van der Waals surface area contributed by atoms with Gasteiger partial charge in [-0.15, -0.1) is 0 Å². The molecule has 0 saturated heterocycles. The monoisotopic (exact) mass is 300 g/mol. The smallest absolute Gasteiger partial charge is 0.416 e. The summed E-state index contributed by atoms with van der Waals surface area (Å²) in [4.78, 5) is 11.0. The molecule has 0 amide bonds. The van der Waals surface area contributed by atoms with Crippen LogP contribution in [0.2, 0.25) is 0 Å². The Morgan fingerprint density at radius 2 is 1.86 bits per heavy atom. The van der Waals surface area contributed by atoms with Crippen molar-refractivity contribution in [2.75, 3.05) is 0 Å². The first-order chi connectivity index (χ1) is 9.80. The van der Waals surface area contributed by atoms with Crippen molar-refractivity contribution >= 4 is 5.97 Å². The lowest BCUT2D eigenvalue weighted by Crippen LogP contribution is -2.16. The number of aliphatic carboxylic acids is 1. The van der Waals surface area contributed by atoms with E-state index in [-0.39, 0.29) is 11.5 Å². The van der Waals surface area contributed by atoms with Gasteiger partial charge in [0.1, 0.15) is 0 Å². The fourth-order valence-corrected chi connectivity index (χ4v) is 3.00. The van der Waals surface area contributed by atoms with Crippen molar-refractivity contribution in [1.29, 1.82) is 0 Å². The molecule has 21 heavy (non-hydrogen) atoms. The van der Waals surface area contributed by atoms with Crippen LogP contribution in [-0.2, 0) is 11.0 Å². The largest absolute Gasteiger partial charge is 0.481 e. The van der Waals surface area contributed by atoms with Gasteiger partial charge in [-0.1, -0.05) is 31.4 Å². The lowest BCUT2D eigenvalue weighted by molar-refractivity contribution is -0.140. The van der Waals surface area contributed by atoms with Gasteiger partial charge in [-0.2, -0.15) is 13.2 Å². The summed E-state index contributed by atoms with van der Waals surface area (Å²) in [7, 11) is 0. The molecular weight excluding hydrogens is 281 g/mol. The zero-order valence-corrected chi connectivity index (χ0v) is 11.9. The first kappa shape index (κ1) is 15.9. The Labute approximate surface area is 122 Å². The molecule has 116 valence electrons. The van der Waals surface area contributed by atoms with Crippen LogP contribution in [0.1, 0.15) is 67.6 Å². The van der Waals surface area contributed by atoms with Crippen molar-refractivity contribution in [1.82, 2.24) is 0 Å². The van der Waals surface area contributed by atoms with Gasteiger partial charge in [0.15, 0.2) is 0 Å². The maximum Gasteiger partial charge on any atom is 0.416 e. The number of halogens is 3. The molecule has 1 N–H and O–H groups in total. The number of alkyl halides is 3. The molecule has 1 atom stereocenters. The van der Waals surface area contributed by atoms with Crippen molar-refractivity contribution in [3.63, 3.8) is 0 Å². The van der Waals surface area contributed by atoms with E-state index in [0.717, 1.165) is 38.2 Å². The second-order valence-electron chi connectivity index (χ2n) is 5.74. The van der Waals surface area contributed by atoms with Gasteiger partial charge < -0.3 is 5.11 Å². The van der Waals surface area contributed by atoms with Gasteiger partial charge >= 0.3 is 12.1 Å². The van der Waals surface area contributed by atoms with Crippen LogP contribution in [0, 0.1) is 0 Å². The molecule has 5 heteroatoms. The molecule has 1 unspecified atom stereocenters. The summed E-state index contributed by atoms with van der Waals surface area (Å²) in [6.07, 6.45) is 0.0886. The molecule has 1 fully saturated rings. The van der Waals surface area contributed by atoms with Crippen LogP contribution in [0.25, 0.3) is 0 Å². The third-order valence-electron chi connectivity index (χ3n) is 4.30. The molecule has 1 saturated carbocycles. The fourth-order valence-electron chi connectivity index (χ4n) is 3.00. The summed E-state index contributed by atoms with van der Waals surface area (Å²) >= 11 is 0. The highest BCUT2D eigenvalue weighted by Gasteiger charge is 2.36. The summed E-state index contributed by atoms with van der Waals surface area (Å²) in [6, 6.07) is 4.02. The van der Waals surface area contributed by atoms with E-state index >= 15 is 0 Å². The van der Waals surface area contributed by atoms with Crippen LogP contribution >= 0.6 is 0 Å². The van der Waals surface area contributed by atoms with E-state index in [1.54, 1.807) is 0 Å². The summed E-state index contributed by atoms with van der Waals surface area (Å²) in [5.74, 6) is -2.12. The highest BCUT2D eigenvalue weighted by atomic mass is 19.4. The van der Waals surface area contributed by atoms with Crippen LogP contribution in [0.3, 0.4) is 0 Å². The van der Waals surface area contributed by atoms with Crippen LogP contribution in [0.4, 0.5) is 13.2 Å². The molecule has 1 aliphatic carbocycles. The topological polar surface area (TPSA) is 37.3 Å². The van der Waals surface area contributed by atoms with Gasteiger partial charge in [0.25, 0.3) is 0 Å². The van der Waals surface area contributed by atoms with Gasteiger partial charge in [0.05, 0.1) is 11.5 Å². The third kappa shape index (κ3) is 3.57. The Morgan fingerprint density at radius 1 is 1.24 bits per heavy atom. The minimum atomic E-state index is -4.44. The summed E-state index contributed by atoms with van der Waals surface area (Å²) in [5, 5.41) is 8.97. The molecule has 0 aliphatic heterocycles. The van der Waals surface area contributed by atoms with Crippen molar-refractivity contribution in [3.05, 3.63) is 34.9 Å². The molecule has 0 aromatic heterocycles. The van der Waals surface area contributed by atoms with Gasteiger partial charge in [-0.25, -0.2) is 0 Å². The maximum atomic E-state index is 13.3. The summed E-state index contributed by atoms with van der Waals surface area (Å²) in [6.45, 7) is 1.40. The number of hydrogen-bond donors (Lipinski definition) is 1. The first-order valence-electron chi connectivity index (χ1n) is 7.24. The van der Waals surface area contributed by atoms with E-state index in [4.69, 9.17) is 5.11 Å². The molecular formula is C16H19F3O2. The zero-order valence-electron chi connectivity index (χ0n) is 11.9. The second kappa shape index (κ2) is 6.08. The van der Waals surface area contributed by atoms with Crippen LogP contribution in [-0.4, -0.2) is 11.1 Å². The number of benzene rings is 1. The zero-order chi connectivity index (χ0) is 15.6. The molecule has 0 spiro atoms. The molecule has 1 aromatic rings. The van der Waals surface area contributed by atoms with Crippen molar-refractivity contribution in [3.8, 4) is 0 Å². The molecule has 2 rings (SSSR count). The minimum Gasteiger partial charge on any atom is -0.481 e. The molecule has 0 bridgehead atoms. The number of rotatable bonds is 3. The van der Waals surface area contributed by atoms with E-state index < -0.39 is 23.6 Å². The van der Waals surface area contributed by atoms with Crippen LogP contribution in [0.5, 0.6) is 0 Å². The normalized spacial score (nSPS) is 18.5. The molecule has 0 heterocycles. The SMILES string of the molecule is CC(C(=O)O)c1ccc(C2CCCCC2)c(C(F)(F)F)c1. The Morgan fingerprint density at radius 3 is 2.38 bits per heavy atom. The number of carboxylic acid groups (broad SMARTS) is 1. The quantitative estimate of drug-likeness (QED) is 0.858. The number of carboxylic acids is 1. The van der Waals surface area contributed by atoms with Gasteiger partial charge in [0, 0.05) is 0 Å². The summed E-state index contributed by atoms with van der Waals surface area (Å²) < 4.78 is 39.9. The number of carbonyl (C=O) groups is 1. The van der Waals surface area contributed by atoms with Crippen LogP contribution in [0.15, 0.2) is 18.2 Å². The van der Waals surface area contributed by atoms with Gasteiger partial charge in [-0.3, -0.25) is 4.79 Å². The van der Waals surface area contributed by atoms with Gasteiger partial charge in [-0.05, 0) is 42.9 Å². The third-order valence-corrected chi connectivity index (χ3v) is 4.30. The average molecular weight is 300 g/mol. The summed E-state index contributed by atoms with van der Waals surface area (Å²) in [5.41, 5.74) is -0.141. The molecule has 1 aliphatic rings. The highest BCUT2D eigenvalue weighted by molar-refractivity contribution is 5.75.